The number of anilines is 2. The van der Waals surface area contributed by atoms with Gasteiger partial charge in [-0.2, -0.15) is 23.4 Å². The predicted molar refractivity (Wildman–Crippen MR) is 111 cm³/mol. The number of aromatic nitrogens is 4. The molecule has 0 aliphatic carbocycles. The van der Waals surface area contributed by atoms with Crippen molar-refractivity contribution in [2.24, 2.45) is 5.73 Å². The van der Waals surface area contributed by atoms with E-state index in [4.69, 9.17) is 10.5 Å². The summed E-state index contributed by atoms with van der Waals surface area (Å²) < 4.78 is 44.1. The monoisotopic (exact) mass is 442 g/mol. The normalized spacial score (nSPS) is 11.4. The standard InChI is InChI=1S/C21H17F3N6O2/c1-11-8-14(32-20(25)31)6-7-16(11)27-18-9-17(28-29-18)13-4-2-12(3-5-13)15-10-26-30-19(15)21(22,23)24/h2-10H,1H3,(H2,25,31)(H,26,30)(H2,27,28,29). The third-order valence-electron chi connectivity index (χ3n) is 4.69. The third kappa shape index (κ3) is 4.41. The lowest BCUT2D eigenvalue weighted by Gasteiger charge is -2.08. The maximum absolute atomic E-state index is 13.1. The van der Waals surface area contributed by atoms with Crippen molar-refractivity contribution in [1.29, 1.82) is 0 Å². The number of nitrogens with one attached hydrogen (secondary N) is 3. The molecule has 0 bridgehead atoms. The largest absolute Gasteiger partial charge is 0.433 e. The van der Waals surface area contributed by atoms with E-state index in [2.05, 4.69) is 20.6 Å². The zero-order valence-electron chi connectivity index (χ0n) is 16.6. The summed E-state index contributed by atoms with van der Waals surface area (Å²) in [7, 11) is 0. The fourth-order valence-electron chi connectivity index (χ4n) is 3.18. The van der Waals surface area contributed by atoms with Crippen LogP contribution in [0.4, 0.5) is 29.5 Å². The molecule has 2 heterocycles. The minimum absolute atomic E-state index is 0.0183. The number of carbonyl (C=O) groups is 1. The molecule has 5 N–H and O–H groups in total. The number of aryl methyl sites for hydroxylation is 1. The van der Waals surface area contributed by atoms with Crippen LogP contribution in [0.1, 0.15) is 11.3 Å². The number of benzene rings is 2. The van der Waals surface area contributed by atoms with Crippen molar-refractivity contribution in [1.82, 2.24) is 20.4 Å². The quantitative estimate of drug-likeness (QED) is 0.347. The third-order valence-corrected chi connectivity index (χ3v) is 4.69. The van der Waals surface area contributed by atoms with E-state index in [1.165, 1.54) is 0 Å². The second kappa shape index (κ2) is 8.10. The molecule has 164 valence electrons. The zero-order chi connectivity index (χ0) is 22.9. The molecule has 0 saturated carbocycles. The molecule has 0 unspecified atom stereocenters. The molecule has 0 radical (unpaired) electrons. The molecule has 2 aromatic carbocycles. The van der Waals surface area contributed by atoms with E-state index in [0.717, 1.165) is 23.0 Å². The number of alkyl halides is 3. The van der Waals surface area contributed by atoms with E-state index in [1.54, 1.807) is 48.5 Å². The van der Waals surface area contributed by atoms with Gasteiger partial charge < -0.3 is 15.8 Å². The van der Waals surface area contributed by atoms with Crippen molar-refractivity contribution < 1.29 is 22.7 Å². The predicted octanol–water partition coefficient (Wildman–Crippen LogP) is 5.00. The summed E-state index contributed by atoms with van der Waals surface area (Å²) in [5.41, 5.74) is 7.46. The lowest BCUT2D eigenvalue weighted by Crippen LogP contribution is -2.16. The fourth-order valence-corrected chi connectivity index (χ4v) is 3.18. The number of nitrogens with two attached hydrogens (primary N) is 1. The Bertz CT molecular complexity index is 1260. The Labute approximate surface area is 179 Å². The van der Waals surface area contributed by atoms with Crippen molar-refractivity contribution >= 4 is 17.6 Å². The number of primary amides is 1. The highest BCUT2D eigenvalue weighted by atomic mass is 19.4. The number of H-pyrrole nitrogens is 2. The van der Waals surface area contributed by atoms with Crippen LogP contribution >= 0.6 is 0 Å². The van der Waals surface area contributed by atoms with Gasteiger partial charge in [0.2, 0.25) is 0 Å². The van der Waals surface area contributed by atoms with Gasteiger partial charge in [-0.3, -0.25) is 10.2 Å². The molecule has 2 aromatic heterocycles. The number of nitrogens with zero attached hydrogens (tertiary/aromatic N) is 2. The summed E-state index contributed by atoms with van der Waals surface area (Å²) in [5, 5.41) is 15.8. The SMILES string of the molecule is Cc1cc(OC(N)=O)ccc1Nc1cc(-c2ccc(-c3cn[nH]c3C(F)(F)F)cc2)[nH]n1. The molecule has 0 atom stereocenters. The maximum atomic E-state index is 13.1. The fraction of sp³-hybridized carbons (Fsp3) is 0.0952. The number of aromatic amines is 2. The van der Waals surface area contributed by atoms with E-state index in [9.17, 15) is 18.0 Å². The van der Waals surface area contributed by atoms with Crippen LogP contribution < -0.4 is 15.8 Å². The molecular weight excluding hydrogens is 425 g/mol. The Kier molecular flexibility index (Phi) is 5.31. The molecule has 8 nitrogen and oxygen atoms in total. The Hall–Kier alpha value is -4.28. The van der Waals surface area contributed by atoms with Gasteiger partial charge in [0.15, 0.2) is 5.82 Å². The number of carbonyl (C=O) groups excluding carboxylic acids is 1. The highest BCUT2D eigenvalue weighted by Crippen LogP contribution is 2.36. The summed E-state index contributed by atoms with van der Waals surface area (Å²) in [6.45, 7) is 1.83. The van der Waals surface area contributed by atoms with Crippen LogP contribution in [0.15, 0.2) is 54.7 Å². The molecule has 32 heavy (non-hydrogen) atoms. The van der Waals surface area contributed by atoms with Gasteiger partial charge >= 0.3 is 12.3 Å². The maximum Gasteiger partial charge on any atom is 0.433 e. The highest BCUT2D eigenvalue weighted by molar-refractivity contribution is 5.73. The van der Waals surface area contributed by atoms with E-state index >= 15 is 0 Å². The smallest absolute Gasteiger partial charge is 0.410 e. The van der Waals surface area contributed by atoms with Gasteiger partial charge in [0.05, 0.1) is 11.9 Å². The van der Waals surface area contributed by atoms with Crippen molar-refractivity contribution in [3.63, 3.8) is 0 Å². The Morgan fingerprint density at radius 3 is 2.44 bits per heavy atom. The number of rotatable bonds is 5. The molecule has 0 saturated heterocycles. The van der Waals surface area contributed by atoms with Gasteiger partial charge in [-0.1, -0.05) is 24.3 Å². The Morgan fingerprint density at radius 2 is 1.78 bits per heavy atom. The van der Waals surface area contributed by atoms with Gasteiger partial charge in [0.25, 0.3) is 0 Å². The summed E-state index contributed by atoms with van der Waals surface area (Å²) >= 11 is 0. The first-order chi connectivity index (χ1) is 15.2. The van der Waals surface area contributed by atoms with Crippen molar-refractivity contribution in [2.45, 2.75) is 13.1 Å². The van der Waals surface area contributed by atoms with Crippen molar-refractivity contribution in [3.8, 4) is 28.1 Å². The van der Waals surface area contributed by atoms with Crippen LogP contribution in [-0.2, 0) is 6.18 Å². The topological polar surface area (TPSA) is 122 Å². The molecule has 4 rings (SSSR count). The summed E-state index contributed by atoms with van der Waals surface area (Å²) in [6.07, 6.45) is -4.26. The minimum Gasteiger partial charge on any atom is -0.410 e. The van der Waals surface area contributed by atoms with E-state index < -0.39 is 18.0 Å². The Morgan fingerprint density at radius 1 is 1.06 bits per heavy atom. The minimum atomic E-state index is -4.52. The van der Waals surface area contributed by atoms with Crippen LogP contribution in [0.5, 0.6) is 5.75 Å². The number of hydrogen-bond acceptors (Lipinski definition) is 5. The number of ether oxygens (including phenoxy) is 1. The average molecular weight is 442 g/mol. The van der Waals surface area contributed by atoms with Crippen LogP contribution in [0.25, 0.3) is 22.4 Å². The molecule has 4 aromatic rings. The highest BCUT2D eigenvalue weighted by Gasteiger charge is 2.35. The van der Waals surface area contributed by atoms with E-state index in [0.29, 0.717) is 22.8 Å². The first-order valence-corrected chi connectivity index (χ1v) is 9.32. The summed E-state index contributed by atoms with van der Waals surface area (Å²) in [4.78, 5) is 10.9. The van der Waals surface area contributed by atoms with Crippen LogP contribution in [-0.4, -0.2) is 26.5 Å². The first kappa shape index (κ1) is 21.0. The summed E-state index contributed by atoms with van der Waals surface area (Å²) in [6, 6.07) is 13.3. The second-order valence-electron chi connectivity index (χ2n) is 6.92. The first-order valence-electron chi connectivity index (χ1n) is 9.32. The average Bonchev–Trinajstić information content (AvgIpc) is 3.39. The van der Waals surface area contributed by atoms with Gasteiger partial charge in [-0.05, 0) is 41.8 Å². The number of halogens is 3. The molecule has 11 heteroatoms. The van der Waals surface area contributed by atoms with E-state index in [1.807, 2.05) is 12.0 Å². The van der Waals surface area contributed by atoms with Crippen molar-refractivity contribution in [2.75, 3.05) is 5.32 Å². The second-order valence-corrected chi connectivity index (χ2v) is 6.92. The lowest BCUT2D eigenvalue weighted by atomic mass is 10.0. The molecule has 0 aliphatic heterocycles. The van der Waals surface area contributed by atoms with Gasteiger partial charge in [0.1, 0.15) is 11.4 Å². The zero-order valence-corrected chi connectivity index (χ0v) is 16.6. The van der Waals surface area contributed by atoms with Crippen LogP contribution in [0.3, 0.4) is 0 Å². The van der Waals surface area contributed by atoms with Gasteiger partial charge in [-0.15, -0.1) is 0 Å². The lowest BCUT2D eigenvalue weighted by molar-refractivity contribution is -0.140. The molecule has 1 amide bonds. The Balaban J connectivity index is 1.51. The van der Waals surface area contributed by atoms with Gasteiger partial charge in [-0.25, -0.2) is 4.79 Å². The molecule has 0 spiro atoms. The van der Waals surface area contributed by atoms with Crippen LogP contribution in [0.2, 0.25) is 0 Å². The molecule has 0 aliphatic rings. The molecular formula is C21H17F3N6O2. The van der Waals surface area contributed by atoms with E-state index in [-0.39, 0.29) is 5.56 Å². The number of amides is 1. The number of hydrogen-bond donors (Lipinski definition) is 4. The van der Waals surface area contributed by atoms with Crippen LogP contribution in [0, 0.1) is 6.92 Å². The summed E-state index contributed by atoms with van der Waals surface area (Å²) in [5.74, 6) is 0.861. The molecule has 0 fully saturated rings. The van der Waals surface area contributed by atoms with Crippen molar-refractivity contribution in [3.05, 3.63) is 66.0 Å². The van der Waals surface area contributed by atoms with Gasteiger partial charge in [0, 0.05) is 17.3 Å².